The first-order valence-corrected chi connectivity index (χ1v) is 7.79. The van der Waals surface area contributed by atoms with Gasteiger partial charge in [-0.25, -0.2) is 13.1 Å². The number of benzene rings is 2. The van der Waals surface area contributed by atoms with Crippen molar-refractivity contribution in [1.82, 2.24) is 4.72 Å². The summed E-state index contributed by atoms with van der Waals surface area (Å²) in [6.07, 6.45) is 0.602. The van der Waals surface area contributed by atoms with E-state index in [9.17, 15) is 8.42 Å². The molecule has 0 amide bonds. The zero-order valence-corrected chi connectivity index (χ0v) is 11.8. The maximum Gasteiger partial charge on any atom is 0.241 e. The smallest absolute Gasteiger partial charge is 0.241 e. The predicted octanol–water partition coefficient (Wildman–Crippen LogP) is 2.12. The monoisotopic (exact) mass is 298 g/mol. The summed E-state index contributed by atoms with van der Waals surface area (Å²) in [6, 6.07) is 10.3. The number of rotatable bonds is 5. The second kappa shape index (κ2) is 5.88. The van der Waals surface area contributed by atoms with Crippen LogP contribution >= 0.6 is 11.6 Å². The molecule has 6 heteroatoms. The van der Waals surface area contributed by atoms with Gasteiger partial charge in [0.05, 0.1) is 4.90 Å². The molecule has 0 aromatic heterocycles. The molecule has 0 aliphatic carbocycles. The molecule has 0 bridgehead atoms. The van der Waals surface area contributed by atoms with E-state index in [1.54, 1.807) is 36.4 Å². The number of nitrogens with one attached hydrogen (secondary N) is 1. The van der Waals surface area contributed by atoms with Crippen LogP contribution in [0.5, 0.6) is 0 Å². The third kappa shape index (κ3) is 3.06. The minimum atomic E-state index is -3.54. The second-order valence-corrected chi connectivity index (χ2v) is 6.27. The summed E-state index contributed by atoms with van der Waals surface area (Å²) in [5.41, 5.74) is 5.35. The number of halogens is 1. The largest absolute Gasteiger partial charge is 0.330 e. The molecule has 0 spiro atoms. The van der Waals surface area contributed by atoms with Crippen molar-refractivity contribution in [1.29, 1.82) is 0 Å². The fourth-order valence-electron chi connectivity index (χ4n) is 1.86. The second-order valence-electron chi connectivity index (χ2n) is 4.13. The fourth-order valence-corrected chi connectivity index (χ4v) is 3.39. The maximum atomic E-state index is 12.2. The standard InChI is InChI=1S/C13H15ClN2O2S/c14-12-6-1-5-11-10(12)4-2-7-13(11)19(17,18)16-9-3-8-15/h1-2,4-7,16H,3,8-9,15H2. The van der Waals surface area contributed by atoms with E-state index in [1.165, 1.54) is 0 Å². The van der Waals surface area contributed by atoms with Crippen molar-refractivity contribution in [3.8, 4) is 0 Å². The van der Waals surface area contributed by atoms with Crippen molar-refractivity contribution in [2.75, 3.05) is 13.1 Å². The lowest BCUT2D eigenvalue weighted by atomic mass is 10.1. The van der Waals surface area contributed by atoms with Crippen LogP contribution in [0.25, 0.3) is 10.8 Å². The molecule has 2 aromatic carbocycles. The van der Waals surface area contributed by atoms with E-state index in [4.69, 9.17) is 17.3 Å². The van der Waals surface area contributed by atoms with Gasteiger partial charge < -0.3 is 5.73 Å². The van der Waals surface area contributed by atoms with Gasteiger partial charge >= 0.3 is 0 Å². The molecule has 102 valence electrons. The molecule has 0 aliphatic heterocycles. The zero-order valence-electron chi connectivity index (χ0n) is 10.3. The van der Waals surface area contributed by atoms with Crippen LogP contribution in [0.15, 0.2) is 41.3 Å². The Bertz CT molecular complexity index is 686. The molecule has 2 aromatic rings. The van der Waals surface area contributed by atoms with Gasteiger partial charge in [-0.2, -0.15) is 0 Å². The number of fused-ring (bicyclic) bond motifs is 1. The minimum absolute atomic E-state index is 0.240. The van der Waals surface area contributed by atoms with Crippen LogP contribution in [-0.2, 0) is 10.0 Å². The molecule has 0 radical (unpaired) electrons. The van der Waals surface area contributed by atoms with E-state index < -0.39 is 10.0 Å². The van der Waals surface area contributed by atoms with Crippen molar-refractivity contribution in [3.05, 3.63) is 41.4 Å². The summed E-state index contributed by atoms with van der Waals surface area (Å²) in [5.74, 6) is 0. The predicted molar refractivity (Wildman–Crippen MR) is 77.8 cm³/mol. The Labute approximate surface area is 117 Å². The molecule has 0 atom stereocenters. The molecule has 4 nitrogen and oxygen atoms in total. The number of nitrogens with two attached hydrogens (primary N) is 1. The molecule has 0 aliphatic rings. The van der Waals surface area contributed by atoms with E-state index in [0.717, 1.165) is 5.39 Å². The van der Waals surface area contributed by atoms with Gasteiger partial charge in [0.2, 0.25) is 10.0 Å². The van der Waals surface area contributed by atoms with Gasteiger partial charge in [0, 0.05) is 22.3 Å². The highest BCUT2D eigenvalue weighted by molar-refractivity contribution is 7.89. The quantitative estimate of drug-likeness (QED) is 0.831. The van der Waals surface area contributed by atoms with Gasteiger partial charge in [0.25, 0.3) is 0 Å². The first-order valence-electron chi connectivity index (χ1n) is 5.93. The molecule has 0 heterocycles. The van der Waals surface area contributed by atoms with Crippen molar-refractivity contribution in [2.45, 2.75) is 11.3 Å². The highest BCUT2D eigenvalue weighted by Crippen LogP contribution is 2.28. The van der Waals surface area contributed by atoms with Crippen LogP contribution in [0.1, 0.15) is 6.42 Å². The zero-order chi connectivity index (χ0) is 13.9. The molecule has 0 unspecified atom stereocenters. The van der Waals surface area contributed by atoms with E-state index >= 15 is 0 Å². The Hall–Kier alpha value is -1.14. The van der Waals surface area contributed by atoms with Crippen LogP contribution in [0.4, 0.5) is 0 Å². The summed E-state index contributed by atoms with van der Waals surface area (Å²) < 4.78 is 27.0. The van der Waals surface area contributed by atoms with Gasteiger partial charge in [-0.05, 0) is 25.1 Å². The fraction of sp³-hybridized carbons (Fsp3) is 0.231. The topological polar surface area (TPSA) is 72.2 Å². The van der Waals surface area contributed by atoms with E-state index in [0.29, 0.717) is 29.9 Å². The molecule has 0 saturated heterocycles. The minimum Gasteiger partial charge on any atom is -0.330 e. The summed E-state index contributed by atoms with van der Waals surface area (Å²) in [6.45, 7) is 0.777. The van der Waals surface area contributed by atoms with Crippen molar-refractivity contribution in [3.63, 3.8) is 0 Å². The third-order valence-electron chi connectivity index (χ3n) is 2.79. The van der Waals surface area contributed by atoms with Crippen LogP contribution in [0, 0.1) is 0 Å². The van der Waals surface area contributed by atoms with E-state index in [2.05, 4.69) is 4.72 Å². The molecule has 0 saturated carbocycles. The Kier molecular flexibility index (Phi) is 4.42. The van der Waals surface area contributed by atoms with Crippen molar-refractivity contribution in [2.24, 2.45) is 5.73 Å². The third-order valence-corrected chi connectivity index (χ3v) is 4.64. The first kappa shape index (κ1) is 14.3. The average Bonchev–Trinajstić information content (AvgIpc) is 2.39. The first-order chi connectivity index (χ1) is 9.06. The normalized spacial score (nSPS) is 11.9. The lowest BCUT2D eigenvalue weighted by molar-refractivity contribution is 0.580. The highest BCUT2D eigenvalue weighted by atomic mass is 35.5. The number of sulfonamides is 1. The van der Waals surface area contributed by atoms with Crippen molar-refractivity contribution >= 4 is 32.4 Å². The molecular formula is C13H15ClN2O2S. The Morgan fingerprint density at radius 2 is 1.79 bits per heavy atom. The summed E-state index contributed by atoms with van der Waals surface area (Å²) >= 11 is 6.07. The Balaban J connectivity index is 2.48. The van der Waals surface area contributed by atoms with Gasteiger partial charge in [-0.3, -0.25) is 0 Å². The maximum absolute atomic E-state index is 12.2. The lowest BCUT2D eigenvalue weighted by Crippen LogP contribution is -2.26. The molecule has 3 N–H and O–H groups in total. The van der Waals surface area contributed by atoms with Gasteiger partial charge in [-0.15, -0.1) is 0 Å². The van der Waals surface area contributed by atoms with Gasteiger partial charge in [-0.1, -0.05) is 35.9 Å². The lowest BCUT2D eigenvalue weighted by Gasteiger charge is -2.09. The van der Waals surface area contributed by atoms with Crippen LogP contribution in [0.2, 0.25) is 5.02 Å². The average molecular weight is 299 g/mol. The van der Waals surface area contributed by atoms with Crippen LogP contribution in [0.3, 0.4) is 0 Å². The Morgan fingerprint density at radius 1 is 1.11 bits per heavy atom. The summed E-state index contributed by atoms with van der Waals surface area (Å²) in [7, 11) is -3.54. The number of hydrogen-bond donors (Lipinski definition) is 2. The molecular weight excluding hydrogens is 284 g/mol. The number of hydrogen-bond acceptors (Lipinski definition) is 3. The summed E-state index contributed by atoms with van der Waals surface area (Å²) in [4.78, 5) is 0.240. The van der Waals surface area contributed by atoms with Crippen LogP contribution in [-0.4, -0.2) is 21.5 Å². The SMILES string of the molecule is NCCCNS(=O)(=O)c1cccc2c(Cl)cccc12. The summed E-state index contributed by atoms with van der Waals surface area (Å²) in [5, 5.41) is 1.89. The Morgan fingerprint density at radius 3 is 2.53 bits per heavy atom. The van der Waals surface area contributed by atoms with E-state index in [1.807, 2.05) is 0 Å². The highest BCUT2D eigenvalue weighted by Gasteiger charge is 2.16. The van der Waals surface area contributed by atoms with Gasteiger partial charge in [0.15, 0.2) is 0 Å². The van der Waals surface area contributed by atoms with Gasteiger partial charge in [0.1, 0.15) is 0 Å². The molecule has 19 heavy (non-hydrogen) atoms. The molecule has 2 rings (SSSR count). The van der Waals surface area contributed by atoms with Crippen molar-refractivity contribution < 1.29 is 8.42 Å². The molecule has 0 fully saturated rings. The van der Waals surface area contributed by atoms with E-state index in [-0.39, 0.29) is 4.90 Å². The van der Waals surface area contributed by atoms with Crippen LogP contribution < -0.4 is 10.5 Å².